The number of carbonyl (C=O) groups is 1. The van der Waals surface area contributed by atoms with E-state index >= 15 is 0 Å². The lowest BCUT2D eigenvalue weighted by atomic mass is 10.1. The van der Waals surface area contributed by atoms with Crippen LogP contribution >= 0.6 is 0 Å². The van der Waals surface area contributed by atoms with Gasteiger partial charge in [-0.25, -0.2) is 0 Å². The van der Waals surface area contributed by atoms with Gasteiger partial charge in [-0.3, -0.25) is 4.79 Å². The molecule has 2 aromatic rings. The molecule has 6 nitrogen and oxygen atoms in total. The molecule has 1 aromatic carbocycles. The Kier molecular flexibility index (Phi) is 4.61. The van der Waals surface area contributed by atoms with Crippen molar-refractivity contribution in [3.05, 3.63) is 47.9 Å². The molecule has 0 amide bonds. The molecule has 0 saturated carbocycles. The smallest absolute Gasteiger partial charge is 0.191 e. The fraction of sp³-hybridized carbons (Fsp3) is 0.200. The van der Waals surface area contributed by atoms with Gasteiger partial charge in [0.2, 0.25) is 0 Å². The number of ketones is 1. The summed E-state index contributed by atoms with van der Waals surface area (Å²) in [7, 11) is 3.06. The first-order valence-corrected chi connectivity index (χ1v) is 6.27. The average Bonchev–Trinajstić information content (AvgIpc) is 2.91. The van der Waals surface area contributed by atoms with Crippen LogP contribution < -0.4 is 14.8 Å². The highest BCUT2D eigenvalue weighted by Crippen LogP contribution is 2.25. The van der Waals surface area contributed by atoms with Crippen LogP contribution in [0.2, 0.25) is 0 Å². The van der Waals surface area contributed by atoms with Crippen molar-refractivity contribution in [2.75, 3.05) is 19.5 Å². The minimum atomic E-state index is -0.192. The number of rotatable bonds is 6. The molecular weight excluding hydrogens is 272 g/mol. The molecular formula is C15H16N2O4. The maximum Gasteiger partial charge on any atom is 0.191 e. The fourth-order valence-electron chi connectivity index (χ4n) is 1.73. The monoisotopic (exact) mass is 288 g/mol. The quantitative estimate of drug-likeness (QED) is 0.651. The molecule has 0 aliphatic heterocycles. The van der Waals surface area contributed by atoms with Crippen LogP contribution in [0, 0.1) is 6.92 Å². The summed E-state index contributed by atoms with van der Waals surface area (Å²) in [5, 5.41) is 6.61. The van der Waals surface area contributed by atoms with Crippen molar-refractivity contribution in [3.63, 3.8) is 0 Å². The Morgan fingerprint density at radius 2 is 2.10 bits per heavy atom. The summed E-state index contributed by atoms with van der Waals surface area (Å²) in [5.74, 6) is 2.12. The van der Waals surface area contributed by atoms with Crippen LogP contribution in [-0.2, 0) is 0 Å². The van der Waals surface area contributed by atoms with E-state index < -0.39 is 0 Å². The number of aryl methyl sites for hydroxylation is 1. The van der Waals surface area contributed by atoms with Gasteiger partial charge in [-0.05, 0) is 19.1 Å². The van der Waals surface area contributed by atoms with Crippen LogP contribution in [0.4, 0.5) is 5.82 Å². The Labute approximate surface area is 122 Å². The third kappa shape index (κ3) is 3.62. The average molecular weight is 288 g/mol. The normalized spacial score (nSPS) is 10.6. The maximum absolute atomic E-state index is 12.1. The van der Waals surface area contributed by atoms with Gasteiger partial charge in [0, 0.05) is 24.4 Å². The largest absolute Gasteiger partial charge is 0.497 e. The number of methoxy groups -OCH3 is 2. The number of allylic oxidation sites excluding steroid dienone is 1. The second kappa shape index (κ2) is 6.60. The van der Waals surface area contributed by atoms with Crippen LogP contribution in [0.25, 0.3) is 0 Å². The summed E-state index contributed by atoms with van der Waals surface area (Å²) in [6.45, 7) is 1.79. The summed E-state index contributed by atoms with van der Waals surface area (Å²) >= 11 is 0. The van der Waals surface area contributed by atoms with Crippen molar-refractivity contribution < 1.29 is 18.8 Å². The summed E-state index contributed by atoms with van der Waals surface area (Å²) in [5.41, 5.74) is 0.452. The highest BCUT2D eigenvalue weighted by Gasteiger charge is 2.10. The highest BCUT2D eigenvalue weighted by molar-refractivity contribution is 6.06. The topological polar surface area (TPSA) is 73.6 Å². The van der Waals surface area contributed by atoms with Gasteiger partial charge in [-0.1, -0.05) is 5.16 Å². The Morgan fingerprint density at radius 1 is 1.29 bits per heavy atom. The van der Waals surface area contributed by atoms with E-state index in [4.69, 9.17) is 14.0 Å². The van der Waals surface area contributed by atoms with Crippen molar-refractivity contribution in [1.82, 2.24) is 5.16 Å². The summed E-state index contributed by atoms with van der Waals surface area (Å²) in [6, 6.07) is 6.75. The van der Waals surface area contributed by atoms with E-state index in [1.54, 1.807) is 38.3 Å². The number of hydrogen-bond donors (Lipinski definition) is 1. The van der Waals surface area contributed by atoms with E-state index in [2.05, 4.69) is 10.5 Å². The van der Waals surface area contributed by atoms with E-state index in [1.165, 1.54) is 19.4 Å². The van der Waals surface area contributed by atoms with E-state index in [0.29, 0.717) is 28.6 Å². The third-order valence-corrected chi connectivity index (χ3v) is 2.77. The molecule has 0 radical (unpaired) electrons. The number of carbonyl (C=O) groups excluding carboxylic acids is 1. The van der Waals surface area contributed by atoms with Crippen molar-refractivity contribution in [1.29, 1.82) is 0 Å². The molecule has 0 saturated heterocycles. The van der Waals surface area contributed by atoms with Crippen LogP contribution in [0.5, 0.6) is 11.5 Å². The van der Waals surface area contributed by atoms with Gasteiger partial charge in [0.1, 0.15) is 17.3 Å². The molecule has 0 aliphatic rings. The molecule has 1 heterocycles. The summed E-state index contributed by atoms with van der Waals surface area (Å²) in [6.07, 6.45) is 2.90. The van der Waals surface area contributed by atoms with E-state index in [-0.39, 0.29) is 5.78 Å². The Morgan fingerprint density at radius 3 is 2.71 bits per heavy atom. The van der Waals surface area contributed by atoms with Crippen LogP contribution in [0.15, 0.2) is 41.1 Å². The zero-order valence-corrected chi connectivity index (χ0v) is 12.0. The number of hydrogen-bond acceptors (Lipinski definition) is 6. The summed E-state index contributed by atoms with van der Waals surface area (Å²) in [4.78, 5) is 12.1. The second-order valence-electron chi connectivity index (χ2n) is 4.23. The van der Waals surface area contributed by atoms with Crippen molar-refractivity contribution >= 4 is 11.6 Å². The number of ether oxygens (including phenoxy) is 2. The van der Waals surface area contributed by atoms with E-state index in [0.717, 1.165) is 0 Å². The van der Waals surface area contributed by atoms with Crippen molar-refractivity contribution in [2.45, 2.75) is 6.92 Å². The van der Waals surface area contributed by atoms with Gasteiger partial charge in [-0.2, -0.15) is 0 Å². The van der Waals surface area contributed by atoms with Gasteiger partial charge in [-0.15, -0.1) is 0 Å². The van der Waals surface area contributed by atoms with Gasteiger partial charge in [0.05, 0.1) is 19.8 Å². The molecule has 0 fully saturated rings. The standard InChI is InChI=1S/C15H16N2O4/c1-10-8-15(17-21-10)16-7-6-13(18)12-5-4-11(19-2)9-14(12)20-3/h4-9H,1-3H3,(H,16,17)/b7-6+. The minimum Gasteiger partial charge on any atom is -0.497 e. The number of anilines is 1. The van der Waals surface area contributed by atoms with Crippen LogP contribution in [-0.4, -0.2) is 25.2 Å². The molecule has 110 valence electrons. The van der Waals surface area contributed by atoms with Crippen LogP contribution in [0.3, 0.4) is 0 Å². The van der Waals surface area contributed by atoms with Gasteiger partial charge < -0.3 is 19.3 Å². The summed E-state index contributed by atoms with van der Waals surface area (Å²) < 4.78 is 15.2. The lowest BCUT2D eigenvalue weighted by Gasteiger charge is -2.07. The second-order valence-corrected chi connectivity index (χ2v) is 4.23. The predicted octanol–water partition coefficient (Wildman–Crippen LogP) is 2.81. The predicted molar refractivity (Wildman–Crippen MR) is 77.9 cm³/mol. The van der Waals surface area contributed by atoms with Crippen molar-refractivity contribution in [2.24, 2.45) is 0 Å². The molecule has 1 aromatic heterocycles. The highest BCUT2D eigenvalue weighted by atomic mass is 16.5. The van der Waals surface area contributed by atoms with Crippen molar-refractivity contribution in [3.8, 4) is 11.5 Å². The SMILES string of the molecule is COc1ccc(C(=O)/C=C/Nc2cc(C)on2)c(OC)c1. The number of benzene rings is 1. The molecule has 0 aliphatic carbocycles. The van der Waals surface area contributed by atoms with E-state index in [1.807, 2.05) is 0 Å². The minimum absolute atomic E-state index is 0.192. The molecule has 2 rings (SSSR count). The first-order chi connectivity index (χ1) is 10.1. The molecule has 0 spiro atoms. The lowest BCUT2D eigenvalue weighted by molar-refractivity contribution is 0.104. The molecule has 0 unspecified atom stereocenters. The Balaban J connectivity index is 2.09. The number of nitrogens with one attached hydrogen (secondary N) is 1. The Bertz CT molecular complexity index is 661. The fourth-order valence-corrected chi connectivity index (χ4v) is 1.73. The van der Waals surface area contributed by atoms with Gasteiger partial charge in [0.15, 0.2) is 11.6 Å². The zero-order valence-electron chi connectivity index (χ0n) is 12.0. The number of nitrogens with zero attached hydrogens (tertiary/aromatic N) is 1. The molecule has 21 heavy (non-hydrogen) atoms. The van der Waals surface area contributed by atoms with Gasteiger partial charge in [0.25, 0.3) is 0 Å². The zero-order chi connectivity index (χ0) is 15.2. The third-order valence-electron chi connectivity index (χ3n) is 2.77. The van der Waals surface area contributed by atoms with Gasteiger partial charge >= 0.3 is 0 Å². The first kappa shape index (κ1) is 14.6. The maximum atomic E-state index is 12.1. The first-order valence-electron chi connectivity index (χ1n) is 6.27. The molecule has 6 heteroatoms. The van der Waals surface area contributed by atoms with Crippen LogP contribution in [0.1, 0.15) is 16.1 Å². The Hall–Kier alpha value is -2.76. The molecule has 0 bridgehead atoms. The molecule has 0 atom stereocenters. The van der Waals surface area contributed by atoms with E-state index in [9.17, 15) is 4.79 Å². The molecule has 1 N–H and O–H groups in total. The number of aromatic nitrogens is 1. The lowest BCUT2D eigenvalue weighted by Crippen LogP contribution is -2.00.